The molecule has 0 saturated carbocycles. The number of H-pyrrole nitrogens is 1. The van der Waals surface area contributed by atoms with Gasteiger partial charge in [0.1, 0.15) is 11.6 Å². The lowest BCUT2D eigenvalue weighted by Crippen LogP contribution is -2.26. The number of para-hydroxylation sites is 1. The molecule has 0 aliphatic heterocycles. The molecule has 0 unspecified atom stereocenters. The Hall–Kier alpha value is -3.24. The Morgan fingerprint density at radius 2 is 2.17 bits per heavy atom. The van der Waals surface area contributed by atoms with Crippen molar-refractivity contribution < 1.29 is 14.6 Å². The highest BCUT2D eigenvalue weighted by molar-refractivity contribution is 9.10. The standard InChI is InChI=1S/C22H20BrN3O3/c1-2-29-20-11-17(23)10-15(21(20)27)9-16(12-24)22(28)25-8-7-14-13-26-19-6-4-3-5-18(14)19/h3-6,9-11,13,26-27H,2,7-8H2,1H3,(H,25,28)/b16-9-. The number of halogens is 1. The lowest BCUT2D eigenvalue weighted by molar-refractivity contribution is -0.117. The third kappa shape index (κ3) is 4.79. The third-order valence-corrected chi connectivity index (χ3v) is 4.85. The van der Waals surface area contributed by atoms with Crippen LogP contribution >= 0.6 is 15.9 Å². The number of fused-ring (bicyclic) bond motifs is 1. The van der Waals surface area contributed by atoms with Crippen LogP contribution < -0.4 is 10.1 Å². The molecule has 1 aromatic heterocycles. The van der Waals surface area contributed by atoms with Gasteiger partial charge in [-0.2, -0.15) is 5.26 Å². The van der Waals surface area contributed by atoms with E-state index < -0.39 is 5.91 Å². The van der Waals surface area contributed by atoms with Crippen LogP contribution in [-0.4, -0.2) is 29.1 Å². The van der Waals surface area contributed by atoms with Gasteiger partial charge in [-0.25, -0.2) is 0 Å². The average molecular weight is 454 g/mol. The molecule has 148 valence electrons. The van der Waals surface area contributed by atoms with Gasteiger partial charge < -0.3 is 20.1 Å². The summed E-state index contributed by atoms with van der Waals surface area (Å²) in [5.41, 5.74) is 2.36. The fourth-order valence-corrected chi connectivity index (χ4v) is 3.47. The van der Waals surface area contributed by atoms with E-state index in [2.05, 4.69) is 26.2 Å². The molecule has 0 aliphatic carbocycles. The number of rotatable bonds is 7. The molecule has 3 N–H and O–H groups in total. The van der Waals surface area contributed by atoms with E-state index in [-0.39, 0.29) is 17.1 Å². The van der Waals surface area contributed by atoms with E-state index in [1.165, 1.54) is 6.08 Å². The number of aromatic nitrogens is 1. The minimum Gasteiger partial charge on any atom is -0.504 e. The van der Waals surface area contributed by atoms with Crippen molar-refractivity contribution in [3.8, 4) is 17.6 Å². The second-order valence-corrected chi connectivity index (χ2v) is 7.23. The molecule has 1 amide bonds. The smallest absolute Gasteiger partial charge is 0.261 e. The van der Waals surface area contributed by atoms with Crippen molar-refractivity contribution in [3.63, 3.8) is 0 Å². The number of hydrogen-bond donors (Lipinski definition) is 3. The molecular weight excluding hydrogens is 434 g/mol. The summed E-state index contributed by atoms with van der Waals surface area (Å²) >= 11 is 3.34. The van der Waals surface area contributed by atoms with Gasteiger partial charge in [-0.15, -0.1) is 0 Å². The van der Waals surface area contributed by atoms with Crippen LogP contribution in [0.25, 0.3) is 17.0 Å². The molecule has 0 bridgehead atoms. The van der Waals surface area contributed by atoms with Gasteiger partial charge in [0, 0.05) is 33.7 Å². The van der Waals surface area contributed by atoms with Crippen LogP contribution in [0.4, 0.5) is 0 Å². The number of amides is 1. The van der Waals surface area contributed by atoms with E-state index in [4.69, 9.17) is 4.74 Å². The second-order valence-electron chi connectivity index (χ2n) is 6.31. The van der Waals surface area contributed by atoms with Gasteiger partial charge in [-0.3, -0.25) is 4.79 Å². The summed E-state index contributed by atoms with van der Waals surface area (Å²) < 4.78 is 6.05. The molecule has 6 nitrogen and oxygen atoms in total. The van der Waals surface area contributed by atoms with Crippen molar-refractivity contribution in [2.24, 2.45) is 0 Å². The highest BCUT2D eigenvalue weighted by Gasteiger charge is 2.14. The summed E-state index contributed by atoms with van der Waals surface area (Å²) in [4.78, 5) is 15.6. The van der Waals surface area contributed by atoms with Crippen molar-refractivity contribution >= 4 is 38.8 Å². The second kappa shape index (κ2) is 9.30. The summed E-state index contributed by atoms with van der Waals surface area (Å²) in [6, 6.07) is 13.1. The Kier molecular flexibility index (Phi) is 6.57. The number of nitriles is 1. The minimum absolute atomic E-state index is 0.0974. The molecule has 0 aliphatic rings. The Bertz CT molecular complexity index is 1110. The van der Waals surface area contributed by atoms with Crippen molar-refractivity contribution in [3.05, 3.63) is 63.8 Å². The van der Waals surface area contributed by atoms with Crippen LogP contribution in [0.2, 0.25) is 0 Å². The summed E-state index contributed by atoms with van der Waals surface area (Å²) in [5.74, 6) is -0.329. The molecule has 2 aromatic carbocycles. The molecule has 0 fully saturated rings. The monoisotopic (exact) mass is 453 g/mol. The first-order chi connectivity index (χ1) is 14.0. The molecule has 29 heavy (non-hydrogen) atoms. The fraction of sp³-hybridized carbons (Fsp3) is 0.182. The van der Waals surface area contributed by atoms with Crippen LogP contribution in [0.5, 0.6) is 11.5 Å². The van der Waals surface area contributed by atoms with Crippen LogP contribution in [0, 0.1) is 11.3 Å². The van der Waals surface area contributed by atoms with E-state index in [0.29, 0.717) is 29.6 Å². The quantitative estimate of drug-likeness (QED) is 0.366. The van der Waals surface area contributed by atoms with Crippen LogP contribution in [0.1, 0.15) is 18.1 Å². The Morgan fingerprint density at radius 3 is 2.93 bits per heavy atom. The molecule has 3 aromatic rings. The largest absolute Gasteiger partial charge is 0.504 e. The van der Waals surface area contributed by atoms with Gasteiger partial charge in [0.15, 0.2) is 11.5 Å². The predicted molar refractivity (Wildman–Crippen MR) is 116 cm³/mol. The van der Waals surface area contributed by atoms with Gasteiger partial charge in [-0.05, 0) is 43.2 Å². The fourth-order valence-electron chi connectivity index (χ4n) is 3.02. The maximum atomic E-state index is 12.4. The van der Waals surface area contributed by atoms with Gasteiger partial charge in [0.25, 0.3) is 5.91 Å². The van der Waals surface area contributed by atoms with Gasteiger partial charge in [0.2, 0.25) is 0 Å². The number of aromatic amines is 1. The Morgan fingerprint density at radius 1 is 1.38 bits per heavy atom. The first-order valence-corrected chi connectivity index (χ1v) is 9.93. The summed E-state index contributed by atoms with van der Waals surface area (Å²) in [7, 11) is 0. The molecule has 1 heterocycles. The lowest BCUT2D eigenvalue weighted by atomic mass is 10.1. The predicted octanol–water partition coefficient (Wildman–Crippen LogP) is 4.30. The Labute approximate surface area is 176 Å². The number of hydrogen-bond acceptors (Lipinski definition) is 4. The molecule has 0 atom stereocenters. The molecule has 0 saturated heterocycles. The Balaban J connectivity index is 1.71. The molecule has 0 spiro atoms. The summed E-state index contributed by atoms with van der Waals surface area (Å²) in [5, 5.41) is 23.6. The van der Waals surface area contributed by atoms with E-state index in [1.807, 2.05) is 36.5 Å². The number of nitrogens with zero attached hydrogens (tertiary/aromatic N) is 1. The number of aromatic hydroxyl groups is 1. The zero-order valence-electron chi connectivity index (χ0n) is 15.8. The van der Waals surface area contributed by atoms with Gasteiger partial charge >= 0.3 is 0 Å². The summed E-state index contributed by atoms with van der Waals surface area (Å²) in [6.45, 7) is 2.57. The number of benzene rings is 2. The molecule has 7 heteroatoms. The van der Waals surface area contributed by atoms with Gasteiger partial charge in [-0.1, -0.05) is 34.1 Å². The first-order valence-electron chi connectivity index (χ1n) is 9.13. The molecular formula is C22H20BrN3O3. The number of carbonyl (C=O) groups excluding carboxylic acids is 1. The third-order valence-electron chi connectivity index (χ3n) is 4.39. The number of phenolic OH excluding ortho intramolecular Hbond substituents is 1. The highest BCUT2D eigenvalue weighted by atomic mass is 79.9. The van der Waals surface area contributed by atoms with Crippen molar-refractivity contribution in [1.82, 2.24) is 10.3 Å². The highest BCUT2D eigenvalue weighted by Crippen LogP contribution is 2.35. The normalized spacial score (nSPS) is 11.3. The van der Waals surface area contributed by atoms with Crippen LogP contribution in [-0.2, 0) is 11.2 Å². The van der Waals surface area contributed by atoms with Crippen molar-refractivity contribution in [2.75, 3.05) is 13.2 Å². The maximum Gasteiger partial charge on any atom is 0.261 e. The van der Waals surface area contributed by atoms with Gasteiger partial charge in [0.05, 0.1) is 6.61 Å². The zero-order chi connectivity index (χ0) is 20.8. The number of nitrogens with one attached hydrogen (secondary N) is 2. The van der Waals surface area contributed by atoms with Crippen molar-refractivity contribution in [2.45, 2.75) is 13.3 Å². The number of phenols is 1. The zero-order valence-corrected chi connectivity index (χ0v) is 17.4. The molecule has 3 rings (SSSR count). The topological polar surface area (TPSA) is 98.1 Å². The van der Waals surface area contributed by atoms with Crippen LogP contribution in [0.3, 0.4) is 0 Å². The lowest BCUT2D eigenvalue weighted by Gasteiger charge is -2.10. The van der Waals surface area contributed by atoms with Crippen LogP contribution in [0.15, 0.2) is 52.6 Å². The maximum absolute atomic E-state index is 12.4. The first kappa shape index (κ1) is 20.5. The number of carbonyl (C=O) groups is 1. The SMILES string of the molecule is CCOc1cc(Br)cc(/C=C(/C#N)C(=O)NCCc2c[nH]c3ccccc23)c1O. The molecule has 0 radical (unpaired) electrons. The van der Waals surface area contributed by atoms with E-state index in [1.54, 1.807) is 19.1 Å². The van der Waals surface area contributed by atoms with Crippen molar-refractivity contribution in [1.29, 1.82) is 5.26 Å². The average Bonchev–Trinajstić information content (AvgIpc) is 3.12. The summed E-state index contributed by atoms with van der Waals surface area (Å²) in [6.07, 6.45) is 3.90. The minimum atomic E-state index is -0.496. The van der Waals surface area contributed by atoms with E-state index >= 15 is 0 Å². The van der Waals surface area contributed by atoms with E-state index in [9.17, 15) is 15.2 Å². The number of ether oxygens (including phenoxy) is 1. The van der Waals surface area contributed by atoms with E-state index in [0.717, 1.165) is 16.5 Å².